The third-order valence-electron chi connectivity index (χ3n) is 8.58. The Morgan fingerprint density at radius 3 is 1.31 bits per heavy atom. The summed E-state index contributed by atoms with van der Waals surface area (Å²) in [6.45, 7) is 4.01. The summed E-state index contributed by atoms with van der Waals surface area (Å²) in [6, 6.07) is 0. The van der Waals surface area contributed by atoms with Crippen LogP contribution in [-0.4, -0.2) is 70.0 Å². The molecule has 0 fully saturated rings. The first kappa shape index (κ1) is 54.9. The molecule has 0 aliphatic carbocycles. The number of hydrogen-bond acceptors (Lipinski definition) is 8. The standard InChI is InChI=1S/C48H80NO8P/c1-6-8-10-12-14-16-18-20-22-24-26-28-30-32-34-36-38-40-47(50)54-44-46(45-56-58(52,53)55-43-42-49(3,4)5)57-48(51)41-39-37-35-33-31-29-27-25-23-21-19-17-15-13-11-9-7-2/h14-17,20-23,26-29,32-35,46H,6-13,18-19,24-25,30-31,36-45H2,1-5H3/b16-14+,17-15+,22-20+,23-21+,28-26+,29-27+,34-32+,35-33+. The lowest BCUT2D eigenvalue weighted by atomic mass is 10.2. The zero-order chi connectivity index (χ0) is 42.8. The molecule has 0 saturated heterocycles. The van der Waals surface area contributed by atoms with Crippen molar-refractivity contribution >= 4 is 19.8 Å². The Labute approximate surface area is 353 Å². The first-order valence-corrected chi connectivity index (χ1v) is 23.4. The maximum absolute atomic E-state index is 12.6. The highest BCUT2D eigenvalue weighted by atomic mass is 31.2. The zero-order valence-electron chi connectivity index (χ0n) is 36.9. The molecule has 2 atom stereocenters. The number of carbonyl (C=O) groups is 2. The Kier molecular flexibility index (Phi) is 37.3. The second-order valence-electron chi connectivity index (χ2n) is 15.3. The first-order chi connectivity index (χ1) is 28.0. The fraction of sp³-hybridized carbons (Fsp3) is 0.625. The fourth-order valence-corrected chi connectivity index (χ4v) is 5.84. The summed E-state index contributed by atoms with van der Waals surface area (Å²) < 4.78 is 33.7. The number of nitrogens with zero attached hydrogens (tertiary/aromatic N) is 1. The van der Waals surface area contributed by atoms with Gasteiger partial charge in [-0.3, -0.25) is 14.2 Å². The number of rotatable bonds is 38. The molecule has 0 N–H and O–H groups in total. The van der Waals surface area contributed by atoms with Crippen molar-refractivity contribution in [2.45, 2.75) is 148 Å². The Bertz CT molecular complexity index is 1300. The van der Waals surface area contributed by atoms with E-state index in [4.69, 9.17) is 18.5 Å². The number of unbranched alkanes of at least 4 members (excludes halogenated alkanes) is 8. The van der Waals surface area contributed by atoms with E-state index in [0.29, 0.717) is 30.3 Å². The van der Waals surface area contributed by atoms with Gasteiger partial charge in [-0.15, -0.1) is 0 Å². The zero-order valence-corrected chi connectivity index (χ0v) is 37.8. The lowest BCUT2D eigenvalue weighted by molar-refractivity contribution is -0.870. The van der Waals surface area contributed by atoms with E-state index in [1.807, 2.05) is 33.3 Å². The summed E-state index contributed by atoms with van der Waals surface area (Å²) in [7, 11) is 1.08. The molecule has 0 aromatic heterocycles. The minimum Gasteiger partial charge on any atom is -0.756 e. The molecule has 0 aliphatic rings. The largest absolute Gasteiger partial charge is 0.756 e. The minimum absolute atomic E-state index is 0.0549. The van der Waals surface area contributed by atoms with E-state index < -0.39 is 32.5 Å². The maximum atomic E-state index is 12.6. The highest BCUT2D eigenvalue weighted by molar-refractivity contribution is 7.45. The average Bonchev–Trinajstić information content (AvgIpc) is 3.17. The Morgan fingerprint density at radius 2 is 0.914 bits per heavy atom. The van der Waals surface area contributed by atoms with Crippen molar-refractivity contribution < 1.29 is 42.1 Å². The van der Waals surface area contributed by atoms with Crippen molar-refractivity contribution in [1.29, 1.82) is 0 Å². The van der Waals surface area contributed by atoms with E-state index in [2.05, 4.69) is 98.9 Å². The van der Waals surface area contributed by atoms with Gasteiger partial charge in [0.1, 0.15) is 19.8 Å². The number of phosphoric ester groups is 1. The van der Waals surface area contributed by atoms with Gasteiger partial charge in [0.05, 0.1) is 27.7 Å². The second kappa shape index (κ2) is 39.4. The molecule has 58 heavy (non-hydrogen) atoms. The summed E-state index contributed by atoms with van der Waals surface area (Å²) in [5.41, 5.74) is 0. The van der Waals surface area contributed by atoms with Crippen molar-refractivity contribution in [2.75, 3.05) is 47.5 Å². The van der Waals surface area contributed by atoms with Gasteiger partial charge in [-0.2, -0.15) is 0 Å². The van der Waals surface area contributed by atoms with Crippen LogP contribution in [0.25, 0.3) is 0 Å². The van der Waals surface area contributed by atoms with Crippen LogP contribution in [0, 0.1) is 0 Å². The number of allylic oxidation sites excluding steroid dienone is 16. The van der Waals surface area contributed by atoms with Crippen LogP contribution in [0.2, 0.25) is 0 Å². The van der Waals surface area contributed by atoms with Crippen molar-refractivity contribution in [3.05, 3.63) is 97.2 Å². The third-order valence-corrected chi connectivity index (χ3v) is 9.54. The molecule has 330 valence electrons. The lowest BCUT2D eigenvalue weighted by Gasteiger charge is -2.28. The van der Waals surface area contributed by atoms with E-state index >= 15 is 0 Å². The number of phosphoric acid groups is 1. The molecule has 2 unspecified atom stereocenters. The quantitative estimate of drug-likeness (QED) is 0.0199. The van der Waals surface area contributed by atoms with Gasteiger partial charge in [0.15, 0.2) is 6.10 Å². The van der Waals surface area contributed by atoms with Crippen LogP contribution >= 0.6 is 7.82 Å². The topological polar surface area (TPSA) is 111 Å². The Hall–Kier alpha value is -3.07. The molecule has 0 heterocycles. The fourth-order valence-electron chi connectivity index (χ4n) is 5.11. The molecule has 0 aromatic rings. The molecule has 0 aromatic carbocycles. The summed E-state index contributed by atoms with van der Waals surface area (Å²) in [4.78, 5) is 37.5. The van der Waals surface area contributed by atoms with Crippen LogP contribution in [0.15, 0.2) is 97.2 Å². The Morgan fingerprint density at radius 1 is 0.534 bits per heavy atom. The second-order valence-corrected chi connectivity index (χ2v) is 16.8. The summed E-state index contributed by atoms with van der Waals surface area (Å²) in [6.07, 6.45) is 51.6. The Balaban J connectivity index is 4.58. The van der Waals surface area contributed by atoms with Crippen LogP contribution in [0.4, 0.5) is 0 Å². The predicted molar refractivity (Wildman–Crippen MR) is 240 cm³/mol. The molecule has 0 rings (SSSR count). The number of hydrogen-bond donors (Lipinski definition) is 0. The molecular formula is C48H80NO8P. The number of esters is 2. The molecular weight excluding hydrogens is 750 g/mol. The monoisotopic (exact) mass is 830 g/mol. The number of carbonyl (C=O) groups excluding carboxylic acids is 2. The van der Waals surface area contributed by atoms with E-state index in [9.17, 15) is 19.0 Å². The van der Waals surface area contributed by atoms with Crippen LogP contribution in [0.1, 0.15) is 142 Å². The van der Waals surface area contributed by atoms with Crippen LogP contribution in [0.3, 0.4) is 0 Å². The third kappa shape index (κ3) is 42.5. The van der Waals surface area contributed by atoms with Crippen molar-refractivity contribution in [3.63, 3.8) is 0 Å². The van der Waals surface area contributed by atoms with Crippen molar-refractivity contribution in [1.82, 2.24) is 0 Å². The normalized spacial score (nSPS) is 14.5. The van der Waals surface area contributed by atoms with Gasteiger partial charge in [0, 0.05) is 12.8 Å². The minimum atomic E-state index is -4.66. The van der Waals surface area contributed by atoms with Gasteiger partial charge in [-0.05, 0) is 89.9 Å². The highest BCUT2D eigenvalue weighted by Gasteiger charge is 2.21. The van der Waals surface area contributed by atoms with E-state index in [1.165, 1.54) is 44.9 Å². The van der Waals surface area contributed by atoms with Gasteiger partial charge >= 0.3 is 11.9 Å². The van der Waals surface area contributed by atoms with Gasteiger partial charge in [-0.25, -0.2) is 0 Å². The number of quaternary nitrogens is 1. The number of ether oxygens (including phenoxy) is 2. The van der Waals surface area contributed by atoms with E-state index in [-0.39, 0.29) is 26.1 Å². The van der Waals surface area contributed by atoms with Gasteiger partial charge in [-0.1, -0.05) is 137 Å². The summed E-state index contributed by atoms with van der Waals surface area (Å²) >= 11 is 0. The van der Waals surface area contributed by atoms with E-state index in [0.717, 1.165) is 51.4 Å². The first-order valence-electron chi connectivity index (χ1n) is 21.9. The maximum Gasteiger partial charge on any atom is 0.306 e. The van der Waals surface area contributed by atoms with Crippen LogP contribution < -0.4 is 4.89 Å². The van der Waals surface area contributed by atoms with Gasteiger partial charge in [0.2, 0.25) is 0 Å². The molecule has 0 aliphatic heterocycles. The molecule has 0 spiro atoms. The van der Waals surface area contributed by atoms with E-state index in [1.54, 1.807) is 0 Å². The summed E-state index contributed by atoms with van der Waals surface area (Å²) in [5, 5.41) is 0. The highest BCUT2D eigenvalue weighted by Crippen LogP contribution is 2.38. The average molecular weight is 830 g/mol. The van der Waals surface area contributed by atoms with Crippen molar-refractivity contribution in [3.8, 4) is 0 Å². The SMILES string of the molecule is CCCCC/C=C/C/C=C/C/C=C/C/C=C/CCCC(=O)OCC(COP(=O)([O-])OCC[N+](C)(C)C)OC(=O)CCC/C=C/C/C=C/C/C=C/C/C=C/CCCCC. The number of likely N-dealkylation sites (N-methyl/N-ethyl adjacent to an activating group) is 1. The summed E-state index contributed by atoms with van der Waals surface area (Å²) in [5.74, 6) is -0.977. The molecule has 9 nitrogen and oxygen atoms in total. The van der Waals surface area contributed by atoms with Crippen LogP contribution in [-0.2, 0) is 32.7 Å². The molecule has 0 saturated carbocycles. The van der Waals surface area contributed by atoms with Gasteiger partial charge < -0.3 is 27.9 Å². The lowest BCUT2D eigenvalue weighted by Crippen LogP contribution is -2.37. The molecule has 0 amide bonds. The molecule has 0 radical (unpaired) electrons. The van der Waals surface area contributed by atoms with Gasteiger partial charge in [0.25, 0.3) is 7.82 Å². The smallest absolute Gasteiger partial charge is 0.306 e. The van der Waals surface area contributed by atoms with Crippen molar-refractivity contribution in [2.24, 2.45) is 0 Å². The molecule has 0 bridgehead atoms. The molecule has 10 heteroatoms. The predicted octanol–water partition coefficient (Wildman–Crippen LogP) is 11.9. The van der Waals surface area contributed by atoms with Crippen LogP contribution in [0.5, 0.6) is 0 Å².